The van der Waals surface area contributed by atoms with Gasteiger partial charge in [-0.05, 0) is 30.0 Å². The summed E-state index contributed by atoms with van der Waals surface area (Å²) in [4.78, 5) is 13.5. The van der Waals surface area contributed by atoms with E-state index in [1.165, 1.54) is 17.7 Å². The van der Waals surface area contributed by atoms with E-state index in [4.69, 9.17) is 0 Å². The lowest BCUT2D eigenvalue weighted by molar-refractivity contribution is -0.119. The van der Waals surface area contributed by atoms with Crippen molar-refractivity contribution in [1.82, 2.24) is 0 Å². The van der Waals surface area contributed by atoms with Crippen LogP contribution in [-0.4, -0.2) is 18.9 Å². The molecule has 1 saturated heterocycles. The summed E-state index contributed by atoms with van der Waals surface area (Å²) in [5.74, 6) is 1.03. The Balaban J connectivity index is 2.05. The highest BCUT2D eigenvalue weighted by Gasteiger charge is 2.16. The molecule has 2 nitrogen and oxygen atoms in total. The zero-order valence-electron chi connectivity index (χ0n) is 10.8. The molecular formula is C15H21NO. The van der Waals surface area contributed by atoms with E-state index in [0.717, 1.165) is 13.1 Å². The van der Waals surface area contributed by atoms with E-state index in [2.05, 4.69) is 43.0 Å². The molecule has 1 atom stereocenters. The zero-order valence-corrected chi connectivity index (χ0v) is 10.8. The highest BCUT2D eigenvalue weighted by atomic mass is 16.1. The Hall–Kier alpha value is -1.31. The maximum absolute atomic E-state index is 11.2. The minimum Gasteiger partial charge on any atom is -0.371 e. The molecule has 2 heteroatoms. The molecule has 0 spiro atoms. The first-order valence-electron chi connectivity index (χ1n) is 6.57. The summed E-state index contributed by atoms with van der Waals surface area (Å²) in [7, 11) is 0. The number of hydrogen-bond acceptors (Lipinski definition) is 2. The number of Topliss-reactive ketones (excluding diaryl/α,β-unsaturated/α-hetero) is 1. The second-order valence-electron chi connectivity index (χ2n) is 4.93. The van der Waals surface area contributed by atoms with Gasteiger partial charge in [0.2, 0.25) is 0 Å². The number of anilines is 1. The first-order valence-corrected chi connectivity index (χ1v) is 6.57. The van der Waals surface area contributed by atoms with Crippen LogP contribution in [0.5, 0.6) is 0 Å². The molecule has 1 heterocycles. The van der Waals surface area contributed by atoms with Gasteiger partial charge in [-0.25, -0.2) is 0 Å². The molecule has 92 valence electrons. The Labute approximate surface area is 104 Å². The van der Waals surface area contributed by atoms with Crippen molar-refractivity contribution in [2.45, 2.75) is 39.0 Å². The molecular weight excluding hydrogens is 210 g/mol. The summed E-state index contributed by atoms with van der Waals surface area (Å²) in [6.45, 7) is 6.23. The molecule has 2 rings (SSSR count). The van der Waals surface area contributed by atoms with Gasteiger partial charge in [0.1, 0.15) is 5.78 Å². The number of hydrogen-bond donors (Lipinski definition) is 0. The summed E-state index contributed by atoms with van der Waals surface area (Å²) in [6.07, 6.45) is 2.58. The van der Waals surface area contributed by atoms with Gasteiger partial charge in [-0.15, -0.1) is 0 Å². The number of piperidine rings is 1. The van der Waals surface area contributed by atoms with Crippen molar-refractivity contribution in [2.24, 2.45) is 0 Å². The number of benzene rings is 1. The van der Waals surface area contributed by atoms with Gasteiger partial charge in [0.15, 0.2) is 0 Å². The van der Waals surface area contributed by atoms with E-state index in [1.54, 1.807) is 0 Å². The van der Waals surface area contributed by atoms with Crippen LogP contribution in [0.4, 0.5) is 5.69 Å². The molecule has 17 heavy (non-hydrogen) atoms. The minimum atomic E-state index is 0.400. The van der Waals surface area contributed by atoms with Gasteiger partial charge in [0.05, 0.1) is 0 Å². The van der Waals surface area contributed by atoms with E-state index in [1.807, 2.05) is 0 Å². The Kier molecular flexibility index (Phi) is 3.82. The molecule has 0 saturated carbocycles. The summed E-state index contributed by atoms with van der Waals surface area (Å²) in [5.41, 5.74) is 2.66. The Bertz CT molecular complexity index is 372. The van der Waals surface area contributed by atoms with Crippen molar-refractivity contribution in [1.29, 1.82) is 0 Å². The summed E-state index contributed by atoms with van der Waals surface area (Å²) in [5, 5.41) is 0. The highest BCUT2D eigenvalue weighted by Crippen LogP contribution is 2.23. The lowest BCUT2D eigenvalue weighted by atomic mass is 9.98. The van der Waals surface area contributed by atoms with E-state index in [9.17, 15) is 4.79 Å². The monoisotopic (exact) mass is 231 g/mol. The summed E-state index contributed by atoms with van der Waals surface area (Å²) in [6, 6.07) is 8.83. The molecule has 1 aliphatic heterocycles. The fraction of sp³-hybridized carbons (Fsp3) is 0.533. The predicted molar refractivity (Wildman–Crippen MR) is 71.6 cm³/mol. The number of carbonyl (C=O) groups excluding carboxylic acids is 1. The second kappa shape index (κ2) is 5.35. The van der Waals surface area contributed by atoms with Crippen LogP contribution in [0.2, 0.25) is 0 Å². The zero-order chi connectivity index (χ0) is 12.3. The first-order chi connectivity index (χ1) is 8.20. The van der Waals surface area contributed by atoms with Gasteiger partial charge in [0, 0.05) is 31.6 Å². The topological polar surface area (TPSA) is 20.3 Å². The van der Waals surface area contributed by atoms with Crippen LogP contribution >= 0.6 is 0 Å². The van der Waals surface area contributed by atoms with Gasteiger partial charge >= 0.3 is 0 Å². The van der Waals surface area contributed by atoms with Crippen molar-refractivity contribution in [2.75, 3.05) is 18.0 Å². The second-order valence-corrected chi connectivity index (χ2v) is 4.93. The van der Waals surface area contributed by atoms with Crippen molar-refractivity contribution in [3.63, 3.8) is 0 Å². The fourth-order valence-electron chi connectivity index (χ4n) is 2.26. The lowest BCUT2D eigenvalue weighted by Gasteiger charge is -2.28. The molecule has 0 radical (unpaired) electrons. The largest absolute Gasteiger partial charge is 0.371 e. The molecule has 1 aliphatic rings. The molecule has 1 fully saturated rings. The third kappa shape index (κ3) is 2.87. The Morgan fingerprint density at radius 1 is 1.18 bits per heavy atom. The molecule has 0 amide bonds. The van der Waals surface area contributed by atoms with Crippen molar-refractivity contribution in [3.8, 4) is 0 Å². The third-order valence-corrected chi connectivity index (χ3v) is 3.76. The molecule has 1 unspecified atom stereocenters. The standard InChI is InChI=1S/C15H21NO/c1-3-12(2)13-4-6-14(7-5-13)16-10-8-15(17)9-11-16/h4-7,12H,3,8-11H2,1-2H3. The number of nitrogens with zero attached hydrogens (tertiary/aromatic N) is 1. The lowest BCUT2D eigenvalue weighted by Crippen LogP contribution is -2.33. The van der Waals surface area contributed by atoms with Gasteiger partial charge < -0.3 is 4.90 Å². The minimum absolute atomic E-state index is 0.400. The normalized spacial score (nSPS) is 18.2. The smallest absolute Gasteiger partial charge is 0.136 e. The molecule has 0 aliphatic carbocycles. The third-order valence-electron chi connectivity index (χ3n) is 3.76. The predicted octanol–water partition coefficient (Wildman–Crippen LogP) is 3.37. The van der Waals surface area contributed by atoms with E-state index in [0.29, 0.717) is 24.5 Å². The fourth-order valence-corrected chi connectivity index (χ4v) is 2.26. The van der Waals surface area contributed by atoms with E-state index in [-0.39, 0.29) is 0 Å². The number of rotatable bonds is 3. The van der Waals surface area contributed by atoms with Crippen LogP contribution in [0.1, 0.15) is 44.6 Å². The van der Waals surface area contributed by atoms with Gasteiger partial charge in [-0.3, -0.25) is 4.79 Å². The van der Waals surface area contributed by atoms with Gasteiger partial charge in [-0.1, -0.05) is 26.0 Å². The van der Waals surface area contributed by atoms with Crippen LogP contribution in [0, 0.1) is 0 Å². The maximum Gasteiger partial charge on any atom is 0.136 e. The molecule has 0 N–H and O–H groups in total. The van der Waals surface area contributed by atoms with Crippen LogP contribution in [0.15, 0.2) is 24.3 Å². The summed E-state index contributed by atoms with van der Waals surface area (Å²) >= 11 is 0. The Morgan fingerprint density at radius 3 is 2.29 bits per heavy atom. The molecule has 1 aromatic carbocycles. The molecule has 1 aromatic rings. The number of carbonyl (C=O) groups is 1. The Morgan fingerprint density at radius 2 is 1.76 bits per heavy atom. The van der Waals surface area contributed by atoms with Crippen LogP contribution in [0.25, 0.3) is 0 Å². The highest BCUT2D eigenvalue weighted by molar-refractivity contribution is 5.81. The van der Waals surface area contributed by atoms with Crippen molar-refractivity contribution in [3.05, 3.63) is 29.8 Å². The average Bonchev–Trinajstić information content (AvgIpc) is 2.39. The van der Waals surface area contributed by atoms with Crippen LogP contribution in [0.3, 0.4) is 0 Å². The van der Waals surface area contributed by atoms with Gasteiger partial charge in [0.25, 0.3) is 0 Å². The SMILES string of the molecule is CCC(C)c1ccc(N2CCC(=O)CC2)cc1. The number of ketones is 1. The van der Waals surface area contributed by atoms with Crippen LogP contribution < -0.4 is 4.90 Å². The molecule has 0 aromatic heterocycles. The van der Waals surface area contributed by atoms with E-state index < -0.39 is 0 Å². The molecule has 0 bridgehead atoms. The van der Waals surface area contributed by atoms with Crippen LogP contribution in [-0.2, 0) is 4.79 Å². The van der Waals surface area contributed by atoms with Gasteiger partial charge in [-0.2, -0.15) is 0 Å². The van der Waals surface area contributed by atoms with E-state index >= 15 is 0 Å². The summed E-state index contributed by atoms with van der Waals surface area (Å²) < 4.78 is 0. The average molecular weight is 231 g/mol. The maximum atomic E-state index is 11.2. The van der Waals surface area contributed by atoms with Crippen molar-refractivity contribution < 1.29 is 4.79 Å². The first kappa shape index (κ1) is 12.2. The van der Waals surface area contributed by atoms with Crippen molar-refractivity contribution >= 4 is 11.5 Å². The quantitative estimate of drug-likeness (QED) is 0.795.